The summed E-state index contributed by atoms with van der Waals surface area (Å²) in [6.45, 7) is 2.15. The molecule has 0 spiro atoms. The molecule has 0 aliphatic heterocycles. The third kappa shape index (κ3) is 3.14. The highest BCUT2D eigenvalue weighted by Gasteiger charge is 2.24. The Morgan fingerprint density at radius 3 is 3.00 bits per heavy atom. The molecule has 1 N–H and O–H groups in total. The van der Waals surface area contributed by atoms with Gasteiger partial charge in [-0.15, -0.1) is 10.2 Å². The number of para-hydroxylation sites is 1. The second-order valence-electron chi connectivity index (χ2n) is 6.34. The minimum atomic E-state index is -0.102. The van der Waals surface area contributed by atoms with Crippen LogP contribution in [0.25, 0.3) is 10.9 Å². The third-order valence-electron chi connectivity index (χ3n) is 4.58. The molecule has 1 aliphatic rings. The summed E-state index contributed by atoms with van der Waals surface area (Å²) in [5.74, 6) is -0.102. The Hall–Kier alpha value is -2.34. The van der Waals surface area contributed by atoms with E-state index in [9.17, 15) is 4.79 Å². The Morgan fingerprint density at radius 2 is 2.12 bits per heavy atom. The molecule has 5 nitrogen and oxygen atoms in total. The van der Waals surface area contributed by atoms with Crippen LogP contribution in [-0.4, -0.2) is 21.1 Å². The van der Waals surface area contributed by atoms with Crippen LogP contribution in [0, 0.1) is 0 Å². The molecule has 128 valence electrons. The van der Waals surface area contributed by atoms with Gasteiger partial charge in [0.25, 0.3) is 5.91 Å². The highest BCUT2D eigenvalue weighted by molar-refractivity contribution is 7.15. The van der Waals surface area contributed by atoms with Crippen LogP contribution in [0.1, 0.15) is 52.8 Å². The smallest absolute Gasteiger partial charge is 0.258 e. The Balaban J connectivity index is 1.67. The van der Waals surface area contributed by atoms with Crippen LogP contribution in [0.2, 0.25) is 0 Å². The molecule has 1 aromatic carbocycles. The number of aromatic nitrogens is 3. The van der Waals surface area contributed by atoms with Crippen molar-refractivity contribution in [3.63, 3.8) is 0 Å². The van der Waals surface area contributed by atoms with Crippen LogP contribution in [0.5, 0.6) is 0 Å². The molecule has 0 atom stereocenters. The van der Waals surface area contributed by atoms with Gasteiger partial charge >= 0.3 is 0 Å². The number of hydrogen-bond acceptors (Lipinski definition) is 5. The fourth-order valence-corrected chi connectivity index (χ4v) is 4.14. The maximum absolute atomic E-state index is 13.0. The van der Waals surface area contributed by atoms with E-state index in [-0.39, 0.29) is 5.91 Å². The van der Waals surface area contributed by atoms with E-state index in [0.717, 1.165) is 71.3 Å². The van der Waals surface area contributed by atoms with Gasteiger partial charge < -0.3 is 0 Å². The van der Waals surface area contributed by atoms with Gasteiger partial charge in [0.15, 0.2) is 0 Å². The summed E-state index contributed by atoms with van der Waals surface area (Å²) in [6.07, 6.45) is 6.03. The molecule has 0 bridgehead atoms. The first-order valence-corrected chi connectivity index (χ1v) is 9.62. The lowest BCUT2D eigenvalue weighted by atomic mass is 10.0. The van der Waals surface area contributed by atoms with Gasteiger partial charge in [0.1, 0.15) is 5.01 Å². The van der Waals surface area contributed by atoms with E-state index < -0.39 is 0 Å². The molecule has 3 aromatic rings. The summed E-state index contributed by atoms with van der Waals surface area (Å²) >= 11 is 1.46. The van der Waals surface area contributed by atoms with E-state index in [1.807, 2.05) is 24.3 Å². The Morgan fingerprint density at radius 1 is 1.24 bits per heavy atom. The molecular weight excluding hydrogens is 332 g/mol. The van der Waals surface area contributed by atoms with E-state index >= 15 is 0 Å². The van der Waals surface area contributed by atoms with Gasteiger partial charge in [-0.3, -0.25) is 15.1 Å². The van der Waals surface area contributed by atoms with E-state index in [4.69, 9.17) is 4.98 Å². The first-order chi connectivity index (χ1) is 12.3. The molecule has 1 amide bonds. The van der Waals surface area contributed by atoms with Crippen LogP contribution in [0.4, 0.5) is 5.13 Å². The van der Waals surface area contributed by atoms with Gasteiger partial charge in [-0.1, -0.05) is 42.9 Å². The molecule has 0 radical (unpaired) electrons. The van der Waals surface area contributed by atoms with Gasteiger partial charge in [0.2, 0.25) is 5.13 Å². The number of carbonyl (C=O) groups is 1. The maximum Gasteiger partial charge on any atom is 0.258 e. The van der Waals surface area contributed by atoms with Gasteiger partial charge in [-0.05, 0) is 37.3 Å². The molecule has 2 aromatic heterocycles. The molecular formula is C19H20N4OS. The Bertz CT molecular complexity index is 934. The second-order valence-corrected chi connectivity index (χ2v) is 7.40. The highest BCUT2D eigenvalue weighted by atomic mass is 32.1. The number of nitrogens with zero attached hydrogens (tertiary/aromatic N) is 3. The quantitative estimate of drug-likeness (QED) is 0.748. The molecule has 6 heteroatoms. The average molecular weight is 352 g/mol. The summed E-state index contributed by atoms with van der Waals surface area (Å²) in [5.41, 5.74) is 3.79. The molecule has 0 fully saturated rings. The average Bonchev–Trinajstić information content (AvgIpc) is 3.26. The minimum absolute atomic E-state index is 0.102. The lowest BCUT2D eigenvalue weighted by Crippen LogP contribution is -2.15. The predicted octanol–water partition coefficient (Wildman–Crippen LogP) is 4.17. The van der Waals surface area contributed by atoms with E-state index in [1.54, 1.807) is 0 Å². The number of rotatable bonds is 5. The van der Waals surface area contributed by atoms with Gasteiger partial charge in [0.05, 0.1) is 11.1 Å². The Kier molecular flexibility index (Phi) is 4.44. The van der Waals surface area contributed by atoms with Crippen molar-refractivity contribution in [3.8, 4) is 0 Å². The number of carbonyl (C=O) groups excluding carboxylic acids is 1. The lowest BCUT2D eigenvalue weighted by Gasteiger charge is -2.11. The van der Waals surface area contributed by atoms with Crippen LogP contribution < -0.4 is 5.32 Å². The van der Waals surface area contributed by atoms with E-state index in [0.29, 0.717) is 5.13 Å². The summed E-state index contributed by atoms with van der Waals surface area (Å²) in [7, 11) is 0. The van der Waals surface area contributed by atoms with Crippen LogP contribution in [0.15, 0.2) is 24.3 Å². The molecule has 2 heterocycles. The normalized spacial score (nSPS) is 13.2. The van der Waals surface area contributed by atoms with Crippen molar-refractivity contribution >= 4 is 33.3 Å². The summed E-state index contributed by atoms with van der Waals surface area (Å²) in [4.78, 5) is 17.7. The topological polar surface area (TPSA) is 67.8 Å². The third-order valence-corrected chi connectivity index (χ3v) is 5.48. The number of nitrogens with one attached hydrogen (secondary N) is 1. The number of benzene rings is 1. The van der Waals surface area contributed by atoms with Gasteiger partial charge in [-0.25, -0.2) is 0 Å². The number of anilines is 1. The maximum atomic E-state index is 13.0. The second kappa shape index (κ2) is 6.88. The van der Waals surface area contributed by atoms with E-state index in [1.165, 1.54) is 11.3 Å². The van der Waals surface area contributed by atoms with Crippen molar-refractivity contribution in [1.82, 2.24) is 15.2 Å². The Labute approximate surface area is 150 Å². The fourth-order valence-electron chi connectivity index (χ4n) is 3.36. The number of pyridine rings is 1. The van der Waals surface area contributed by atoms with Crippen molar-refractivity contribution in [1.29, 1.82) is 0 Å². The summed E-state index contributed by atoms with van der Waals surface area (Å²) in [5, 5.41) is 13.7. The first kappa shape index (κ1) is 16.1. The van der Waals surface area contributed by atoms with Crippen molar-refractivity contribution < 1.29 is 4.79 Å². The lowest BCUT2D eigenvalue weighted by molar-refractivity contribution is 0.102. The highest BCUT2D eigenvalue weighted by Crippen LogP contribution is 2.30. The molecule has 0 saturated carbocycles. The van der Waals surface area contributed by atoms with Crippen molar-refractivity contribution in [2.75, 3.05) is 5.32 Å². The van der Waals surface area contributed by atoms with Crippen molar-refractivity contribution in [2.24, 2.45) is 0 Å². The fraction of sp³-hybridized carbons (Fsp3) is 0.368. The SMILES string of the molecule is CCCCc1nnc(NC(=O)c2c3c(nc4ccccc24)CCC3)s1. The molecule has 0 unspecified atom stereocenters. The number of amides is 1. The number of hydrogen-bond donors (Lipinski definition) is 1. The summed E-state index contributed by atoms with van der Waals surface area (Å²) in [6, 6.07) is 7.86. The monoisotopic (exact) mass is 352 g/mol. The molecule has 0 saturated heterocycles. The number of unbranched alkanes of at least 4 members (excludes halogenated alkanes) is 1. The molecule has 4 rings (SSSR count). The van der Waals surface area contributed by atoms with Crippen LogP contribution >= 0.6 is 11.3 Å². The van der Waals surface area contributed by atoms with Crippen molar-refractivity contribution in [3.05, 3.63) is 46.1 Å². The standard InChI is InChI=1S/C19H20N4OS/c1-2-3-11-16-22-23-19(25-16)21-18(24)17-12-7-4-5-9-14(12)20-15-10-6-8-13(15)17/h4-5,7,9H,2-3,6,8,10-11H2,1H3,(H,21,23,24). The molecule has 1 aliphatic carbocycles. The summed E-state index contributed by atoms with van der Waals surface area (Å²) < 4.78 is 0. The van der Waals surface area contributed by atoms with Crippen LogP contribution in [-0.2, 0) is 19.3 Å². The van der Waals surface area contributed by atoms with Crippen LogP contribution in [0.3, 0.4) is 0 Å². The van der Waals surface area contributed by atoms with Gasteiger partial charge in [-0.2, -0.15) is 0 Å². The predicted molar refractivity (Wildman–Crippen MR) is 100 cm³/mol. The van der Waals surface area contributed by atoms with E-state index in [2.05, 4.69) is 22.4 Å². The largest absolute Gasteiger partial charge is 0.296 e. The minimum Gasteiger partial charge on any atom is -0.296 e. The molecule has 25 heavy (non-hydrogen) atoms. The zero-order valence-corrected chi connectivity index (χ0v) is 15.0. The van der Waals surface area contributed by atoms with Crippen molar-refractivity contribution in [2.45, 2.75) is 45.4 Å². The number of aryl methyl sites for hydroxylation is 2. The zero-order chi connectivity index (χ0) is 17.2. The van der Waals surface area contributed by atoms with Gasteiger partial charge in [0, 0.05) is 17.5 Å². The zero-order valence-electron chi connectivity index (χ0n) is 14.2. The number of fused-ring (bicyclic) bond motifs is 2. The first-order valence-electron chi connectivity index (χ1n) is 8.80.